The Morgan fingerprint density at radius 1 is 0.600 bits per heavy atom. The lowest BCUT2D eigenvalue weighted by atomic mass is 9.82. The van der Waals surface area contributed by atoms with Crippen molar-refractivity contribution in [3.63, 3.8) is 0 Å². The van der Waals surface area contributed by atoms with E-state index in [0.717, 1.165) is 25.7 Å². The van der Waals surface area contributed by atoms with Crippen molar-refractivity contribution >= 4 is 11.9 Å². The van der Waals surface area contributed by atoms with Gasteiger partial charge in [-0.05, 0) is 25.7 Å². The van der Waals surface area contributed by atoms with Crippen LogP contribution in [0.4, 0.5) is 0 Å². The second kappa shape index (κ2) is 15.2. The second-order valence-corrected chi connectivity index (χ2v) is 6.89. The van der Waals surface area contributed by atoms with E-state index < -0.39 is 17.4 Å². The Hall–Kier alpha value is -1.06. The predicted octanol–water partition coefficient (Wildman–Crippen LogP) is 5.82. The van der Waals surface area contributed by atoms with Crippen molar-refractivity contribution in [2.45, 2.75) is 105 Å². The van der Waals surface area contributed by atoms with E-state index in [4.69, 9.17) is 9.47 Å². The fourth-order valence-corrected chi connectivity index (χ4v) is 2.93. The van der Waals surface area contributed by atoms with Crippen molar-refractivity contribution < 1.29 is 19.1 Å². The second-order valence-electron chi connectivity index (χ2n) is 6.89. The monoisotopic (exact) mass is 356 g/mol. The summed E-state index contributed by atoms with van der Waals surface area (Å²) in [5.74, 6) is -0.826. The lowest BCUT2D eigenvalue weighted by Gasteiger charge is -2.27. The van der Waals surface area contributed by atoms with Gasteiger partial charge in [-0.3, -0.25) is 9.59 Å². The molecular formula is C21H40O4. The van der Waals surface area contributed by atoms with E-state index in [-0.39, 0.29) is 0 Å². The average molecular weight is 357 g/mol. The molecule has 148 valence electrons. The van der Waals surface area contributed by atoms with Crippen molar-refractivity contribution in [3.8, 4) is 0 Å². The van der Waals surface area contributed by atoms with Gasteiger partial charge in [-0.2, -0.15) is 0 Å². The van der Waals surface area contributed by atoms with Crippen LogP contribution >= 0.6 is 0 Å². The van der Waals surface area contributed by atoms with Gasteiger partial charge < -0.3 is 9.47 Å². The van der Waals surface area contributed by atoms with E-state index in [1.165, 1.54) is 38.5 Å². The molecule has 0 rings (SSSR count). The lowest BCUT2D eigenvalue weighted by molar-refractivity contribution is -0.173. The third kappa shape index (κ3) is 9.27. The number of carbonyl (C=O) groups excluding carboxylic acids is 2. The van der Waals surface area contributed by atoms with E-state index in [1.807, 2.05) is 13.8 Å². The summed E-state index contributed by atoms with van der Waals surface area (Å²) < 4.78 is 10.8. The molecule has 0 aromatic carbocycles. The first-order chi connectivity index (χ1) is 12.1. The van der Waals surface area contributed by atoms with Crippen molar-refractivity contribution in [1.29, 1.82) is 0 Å². The molecule has 0 radical (unpaired) electrons. The molecular weight excluding hydrogens is 316 g/mol. The summed E-state index contributed by atoms with van der Waals surface area (Å²) in [6.07, 6.45) is 11.9. The average Bonchev–Trinajstić information content (AvgIpc) is 2.62. The van der Waals surface area contributed by atoms with Crippen LogP contribution in [0.2, 0.25) is 0 Å². The number of carbonyl (C=O) groups is 2. The molecule has 0 fully saturated rings. The minimum absolute atomic E-state index is 0.397. The first kappa shape index (κ1) is 23.9. The molecule has 0 N–H and O–H groups in total. The topological polar surface area (TPSA) is 52.6 Å². The molecule has 0 saturated heterocycles. The quantitative estimate of drug-likeness (QED) is 0.199. The van der Waals surface area contributed by atoms with Crippen LogP contribution in [-0.4, -0.2) is 25.2 Å². The first-order valence-electron chi connectivity index (χ1n) is 10.4. The zero-order valence-corrected chi connectivity index (χ0v) is 17.0. The van der Waals surface area contributed by atoms with Crippen LogP contribution in [-0.2, 0) is 19.1 Å². The number of unbranched alkanes of at least 4 members (excludes halogenated alkanes) is 8. The third-order valence-electron chi connectivity index (χ3n) is 4.95. The highest BCUT2D eigenvalue weighted by molar-refractivity contribution is 5.99. The summed E-state index contributed by atoms with van der Waals surface area (Å²) in [6, 6.07) is 0. The third-order valence-corrected chi connectivity index (χ3v) is 4.95. The Morgan fingerprint density at radius 2 is 0.960 bits per heavy atom. The molecule has 0 spiro atoms. The van der Waals surface area contributed by atoms with E-state index in [0.29, 0.717) is 26.1 Å². The van der Waals surface area contributed by atoms with Gasteiger partial charge in [0, 0.05) is 0 Å². The summed E-state index contributed by atoms with van der Waals surface area (Å²) in [4.78, 5) is 25.0. The molecule has 0 atom stereocenters. The summed E-state index contributed by atoms with van der Waals surface area (Å²) in [5.41, 5.74) is -1.13. The lowest BCUT2D eigenvalue weighted by Crippen LogP contribution is -2.41. The van der Waals surface area contributed by atoms with Crippen LogP contribution in [0, 0.1) is 5.41 Å². The highest BCUT2D eigenvalue weighted by Gasteiger charge is 2.45. The molecule has 0 aliphatic rings. The first-order valence-corrected chi connectivity index (χ1v) is 10.4. The van der Waals surface area contributed by atoms with Gasteiger partial charge in [0.25, 0.3) is 0 Å². The fraction of sp³-hybridized carbons (Fsp3) is 0.905. The zero-order chi connectivity index (χ0) is 19.0. The SMILES string of the molecule is CCCCCCCOC(=O)C(CC)(CC)C(=O)OCCCCCCC. The molecule has 0 aliphatic heterocycles. The van der Waals surface area contributed by atoms with E-state index in [9.17, 15) is 9.59 Å². The predicted molar refractivity (Wildman–Crippen MR) is 102 cm³/mol. The van der Waals surface area contributed by atoms with Crippen LogP contribution in [0.25, 0.3) is 0 Å². The zero-order valence-electron chi connectivity index (χ0n) is 17.0. The van der Waals surface area contributed by atoms with Gasteiger partial charge in [0.05, 0.1) is 13.2 Å². The standard InChI is InChI=1S/C21H40O4/c1-5-9-11-13-15-17-24-19(22)21(7-3,8-4)20(23)25-18-16-14-12-10-6-2/h5-18H2,1-4H3. The summed E-state index contributed by atoms with van der Waals surface area (Å²) >= 11 is 0. The Bertz CT molecular complexity index is 318. The molecule has 4 nitrogen and oxygen atoms in total. The van der Waals surface area contributed by atoms with Gasteiger partial charge >= 0.3 is 11.9 Å². The Kier molecular flexibility index (Phi) is 14.6. The molecule has 0 bridgehead atoms. The van der Waals surface area contributed by atoms with Gasteiger partial charge in [0.1, 0.15) is 0 Å². The Morgan fingerprint density at radius 3 is 1.28 bits per heavy atom. The molecule has 0 aromatic rings. The van der Waals surface area contributed by atoms with Crippen LogP contribution in [0.3, 0.4) is 0 Å². The van der Waals surface area contributed by atoms with Crippen molar-refractivity contribution in [2.24, 2.45) is 5.41 Å². The van der Waals surface area contributed by atoms with E-state index in [2.05, 4.69) is 13.8 Å². The highest BCUT2D eigenvalue weighted by atomic mass is 16.6. The molecule has 0 saturated carbocycles. The maximum Gasteiger partial charge on any atom is 0.323 e. The Balaban J connectivity index is 4.30. The fourth-order valence-electron chi connectivity index (χ4n) is 2.93. The number of esters is 2. The molecule has 0 unspecified atom stereocenters. The van der Waals surface area contributed by atoms with Gasteiger partial charge in [0.15, 0.2) is 5.41 Å². The molecule has 0 amide bonds. The number of hydrogen-bond acceptors (Lipinski definition) is 4. The minimum Gasteiger partial charge on any atom is -0.465 e. The van der Waals surface area contributed by atoms with Crippen LogP contribution < -0.4 is 0 Å². The van der Waals surface area contributed by atoms with E-state index >= 15 is 0 Å². The Labute approximate surface area is 155 Å². The molecule has 0 aliphatic carbocycles. The normalized spacial score (nSPS) is 11.4. The van der Waals surface area contributed by atoms with Crippen LogP contribution in [0.1, 0.15) is 105 Å². The van der Waals surface area contributed by atoms with Crippen molar-refractivity contribution in [2.75, 3.05) is 13.2 Å². The van der Waals surface area contributed by atoms with Crippen molar-refractivity contribution in [1.82, 2.24) is 0 Å². The molecule has 0 aromatic heterocycles. The molecule has 25 heavy (non-hydrogen) atoms. The van der Waals surface area contributed by atoms with Gasteiger partial charge in [0.2, 0.25) is 0 Å². The van der Waals surface area contributed by atoms with Gasteiger partial charge in [-0.1, -0.05) is 79.1 Å². The number of hydrogen-bond donors (Lipinski definition) is 0. The van der Waals surface area contributed by atoms with Gasteiger partial charge in [-0.15, -0.1) is 0 Å². The minimum atomic E-state index is -1.13. The molecule has 4 heteroatoms. The number of ether oxygens (including phenoxy) is 2. The largest absolute Gasteiger partial charge is 0.465 e. The van der Waals surface area contributed by atoms with E-state index in [1.54, 1.807) is 0 Å². The highest BCUT2D eigenvalue weighted by Crippen LogP contribution is 2.30. The summed E-state index contributed by atoms with van der Waals surface area (Å²) in [5, 5.41) is 0. The number of rotatable bonds is 16. The van der Waals surface area contributed by atoms with Gasteiger partial charge in [-0.25, -0.2) is 0 Å². The summed E-state index contributed by atoms with van der Waals surface area (Å²) in [6.45, 7) is 8.85. The van der Waals surface area contributed by atoms with Crippen LogP contribution in [0.15, 0.2) is 0 Å². The smallest absolute Gasteiger partial charge is 0.323 e. The van der Waals surface area contributed by atoms with Crippen LogP contribution in [0.5, 0.6) is 0 Å². The van der Waals surface area contributed by atoms with Crippen molar-refractivity contribution in [3.05, 3.63) is 0 Å². The molecule has 0 heterocycles. The maximum atomic E-state index is 12.5. The maximum absolute atomic E-state index is 12.5. The summed E-state index contributed by atoms with van der Waals surface area (Å²) in [7, 11) is 0.